The Hall–Kier alpha value is -1.17. The van der Waals surface area contributed by atoms with Crippen molar-refractivity contribution in [2.75, 3.05) is 32.1 Å². The highest BCUT2D eigenvalue weighted by molar-refractivity contribution is 7.22. The number of anilines is 1. The summed E-state index contributed by atoms with van der Waals surface area (Å²) < 4.78 is 1.21. The molecule has 144 valence electrons. The number of nitrogens with zero attached hydrogens (tertiary/aromatic N) is 3. The van der Waals surface area contributed by atoms with Gasteiger partial charge in [0.25, 0.3) is 0 Å². The summed E-state index contributed by atoms with van der Waals surface area (Å²) >= 11 is 1.67. The number of fused-ring (bicyclic) bond motifs is 1. The van der Waals surface area contributed by atoms with Gasteiger partial charge in [-0.15, -0.1) is 12.4 Å². The van der Waals surface area contributed by atoms with E-state index in [1.165, 1.54) is 28.7 Å². The Morgan fingerprint density at radius 1 is 1.19 bits per heavy atom. The first-order valence-corrected chi connectivity index (χ1v) is 10.1. The monoisotopic (exact) mass is 395 g/mol. The van der Waals surface area contributed by atoms with Crippen molar-refractivity contribution in [1.29, 1.82) is 0 Å². The first kappa shape index (κ1) is 21.1. The number of aromatic nitrogens is 1. The molecule has 0 saturated heterocycles. The lowest BCUT2D eigenvalue weighted by atomic mass is 10.1. The number of halogens is 1. The number of thiazole rings is 1. The van der Waals surface area contributed by atoms with E-state index < -0.39 is 0 Å². The van der Waals surface area contributed by atoms with Crippen LogP contribution in [0.25, 0.3) is 10.2 Å². The lowest BCUT2D eigenvalue weighted by Crippen LogP contribution is -2.37. The second-order valence-corrected chi connectivity index (χ2v) is 8.53. The molecule has 0 spiro atoms. The molecule has 1 aliphatic rings. The topological polar surface area (TPSA) is 36.4 Å². The molecule has 1 aromatic carbocycles. The Kier molecular flexibility index (Phi) is 7.44. The van der Waals surface area contributed by atoms with Gasteiger partial charge in [0.15, 0.2) is 5.13 Å². The normalized spacial score (nSPS) is 14.8. The molecule has 1 saturated carbocycles. The van der Waals surface area contributed by atoms with E-state index in [-0.39, 0.29) is 24.2 Å². The minimum atomic E-state index is 0. The van der Waals surface area contributed by atoms with Crippen LogP contribution in [0.5, 0.6) is 0 Å². The van der Waals surface area contributed by atoms with Gasteiger partial charge in [-0.25, -0.2) is 4.98 Å². The van der Waals surface area contributed by atoms with E-state index in [0.717, 1.165) is 43.0 Å². The number of carbonyl (C=O) groups is 1. The van der Waals surface area contributed by atoms with E-state index in [2.05, 4.69) is 45.0 Å². The van der Waals surface area contributed by atoms with Gasteiger partial charge in [-0.1, -0.05) is 30.2 Å². The van der Waals surface area contributed by atoms with E-state index in [9.17, 15) is 4.79 Å². The van der Waals surface area contributed by atoms with E-state index in [1.807, 2.05) is 4.90 Å². The highest BCUT2D eigenvalue weighted by atomic mass is 35.5. The largest absolute Gasteiger partial charge is 0.309 e. The fraction of sp³-hybridized carbons (Fsp3) is 0.600. The SMILES string of the molecule is Cc1cc(C)c2sc(N(CCCN(C)C)C(=O)C3CCCC3)nc2c1.Cl. The van der Waals surface area contributed by atoms with Gasteiger partial charge in [-0.05, 0) is 70.9 Å². The lowest BCUT2D eigenvalue weighted by molar-refractivity contribution is -0.122. The van der Waals surface area contributed by atoms with Gasteiger partial charge in [0.2, 0.25) is 5.91 Å². The summed E-state index contributed by atoms with van der Waals surface area (Å²) in [5.41, 5.74) is 3.50. The van der Waals surface area contributed by atoms with Gasteiger partial charge in [0.1, 0.15) is 0 Å². The molecule has 6 heteroatoms. The number of rotatable bonds is 6. The zero-order valence-corrected chi connectivity index (χ0v) is 17.9. The number of carbonyl (C=O) groups excluding carboxylic acids is 1. The van der Waals surface area contributed by atoms with Gasteiger partial charge >= 0.3 is 0 Å². The van der Waals surface area contributed by atoms with E-state index in [0.29, 0.717) is 0 Å². The number of hydrogen-bond acceptors (Lipinski definition) is 4. The average molecular weight is 396 g/mol. The first-order chi connectivity index (χ1) is 12.0. The molecule has 4 nitrogen and oxygen atoms in total. The molecule has 0 radical (unpaired) electrons. The molecule has 0 atom stereocenters. The second kappa shape index (κ2) is 9.16. The molecule has 1 heterocycles. The van der Waals surface area contributed by atoms with Crippen LogP contribution in [0, 0.1) is 19.8 Å². The number of amides is 1. The molecule has 1 amide bonds. The van der Waals surface area contributed by atoms with Crippen molar-refractivity contribution in [3.05, 3.63) is 23.3 Å². The standard InChI is InChI=1S/C20H29N3OS.ClH/c1-14-12-15(2)18-17(13-14)21-20(25-18)23(11-7-10-22(3)4)19(24)16-8-5-6-9-16;/h12-13,16H,5-11H2,1-4H3;1H. The van der Waals surface area contributed by atoms with Gasteiger partial charge in [0, 0.05) is 12.5 Å². The second-order valence-electron chi connectivity index (χ2n) is 7.55. The van der Waals surface area contributed by atoms with Crippen LogP contribution in [-0.2, 0) is 4.79 Å². The fourth-order valence-electron chi connectivity index (χ4n) is 3.72. The molecule has 26 heavy (non-hydrogen) atoms. The molecule has 0 bridgehead atoms. The van der Waals surface area contributed by atoms with Gasteiger partial charge in [0.05, 0.1) is 10.2 Å². The van der Waals surface area contributed by atoms with Crippen LogP contribution in [-0.4, -0.2) is 43.0 Å². The van der Waals surface area contributed by atoms with Crippen LogP contribution in [0.3, 0.4) is 0 Å². The summed E-state index contributed by atoms with van der Waals surface area (Å²) in [5, 5.41) is 0.874. The number of benzene rings is 1. The minimum absolute atomic E-state index is 0. The molecule has 1 aromatic heterocycles. The summed E-state index contributed by atoms with van der Waals surface area (Å²) in [6.45, 7) is 5.97. The van der Waals surface area contributed by atoms with Crippen LogP contribution < -0.4 is 4.90 Å². The van der Waals surface area contributed by atoms with Crippen LogP contribution in [0.4, 0.5) is 5.13 Å². The Labute approximate surface area is 167 Å². The summed E-state index contributed by atoms with van der Waals surface area (Å²) in [4.78, 5) is 22.1. The third-order valence-electron chi connectivity index (χ3n) is 5.00. The van der Waals surface area contributed by atoms with Crippen molar-refractivity contribution in [1.82, 2.24) is 9.88 Å². The Balaban J connectivity index is 0.00000243. The van der Waals surface area contributed by atoms with Crippen molar-refractivity contribution in [3.8, 4) is 0 Å². The molecule has 0 unspecified atom stereocenters. The lowest BCUT2D eigenvalue weighted by Gasteiger charge is -2.24. The van der Waals surface area contributed by atoms with Crippen LogP contribution in [0.2, 0.25) is 0 Å². The summed E-state index contributed by atoms with van der Waals surface area (Å²) in [6, 6.07) is 4.32. The summed E-state index contributed by atoms with van der Waals surface area (Å²) in [6.07, 6.45) is 5.40. The van der Waals surface area contributed by atoms with Crippen molar-refractivity contribution < 1.29 is 4.79 Å². The molecule has 0 N–H and O–H groups in total. The van der Waals surface area contributed by atoms with Crippen molar-refractivity contribution in [2.45, 2.75) is 46.0 Å². The zero-order valence-electron chi connectivity index (χ0n) is 16.2. The van der Waals surface area contributed by atoms with Crippen LogP contribution in [0.15, 0.2) is 12.1 Å². The molecule has 1 fully saturated rings. The van der Waals surface area contributed by atoms with Crippen molar-refractivity contribution in [3.63, 3.8) is 0 Å². The maximum Gasteiger partial charge on any atom is 0.231 e. The van der Waals surface area contributed by atoms with Crippen molar-refractivity contribution in [2.24, 2.45) is 5.92 Å². The highest BCUT2D eigenvalue weighted by Crippen LogP contribution is 2.35. The third-order valence-corrected chi connectivity index (χ3v) is 6.23. The smallest absolute Gasteiger partial charge is 0.231 e. The van der Waals surface area contributed by atoms with Crippen LogP contribution >= 0.6 is 23.7 Å². The Morgan fingerprint density at radius 3 is 2.54 bits per heavy atom. The van der Waals surface area contributed by atoms with E-state index in [4.69, 9.17) is 4.98 Å². The molecular formula is C20H30ClN3OS. The average Bonchev–Trinajstić information content (AvgIpc) is 3.20. The Morgan fingerprint density at radius 2 is 1.88 bits per heavy atom. The van der Waals surface area contributed by atoms with Crippen LogP contribution in [0.1, 0.15) is 43.2 Å². The zero-order chi connectivity index (χ0) is 18.0. The molecule has 0 aliphatic heterocycles. The van der Waals surface area contributed by atoms with Crippen molar-refractivity contribution >= 4 is 45.0 Å². The maximum absolute atomic E-state index is 13.1. The van der Waals surface area contributed by atoms with E-state index >= 15 is 0 Å². The third kappa shape index (κ3) is 4.76. The molecule has 3 rings (SSSR count). The maximum atomic E-state index is 13.1. The highest BCUT2D eigenvalue weighted by Gasteiger charge is 2.29. The number of hydrogen-bond donors (Lipinski definition) is 0. The predicted molar refractivity (Wildman–Crippen MR) is 114 cm³/mol. The predicted octanol–water partition coefficient (Wildman–Crippen LogP) is 4.81. The Bertz CT molecular complexity index is 753. The summed E-state index contributed by atoms with van der Waals surface area (Å²) in [7, 11) is 4.15. The van der Waals surface area contributed by atoms with Gasteiger partial charge in [-0.2, -0.15) is 0 Å². The molecular weight excluding hydrogens is 366 g/mol. The minimum Gasteiger partial charge on any atom is -0.309 e. The number of aryl methyl sites for hydroxylation is 2. The quantitative estimate of drug-likeness (QED) is 0.704. The van der Waals surface area contributed by atoms with E-state index in [1.54, 1.807) is 11.3 Å². The van der Waals surface area contributed by atoms with Gasteiger partial charge in [-0.3, -0.25) is 9.69 Å². The summed E-state index contributed by atoms with van der Waals surface area (Å²) in [5.74, 6) is 0.471. The molecule has 2 aromatic rings. The first-order valence-electron chi connectivity index (χ1n) is 9.29. The van der Waals surface area contributed by atoms with Gasteiger partial charge < -0.3 is 4.90 Å². The molecule has 1 aliphatic carbocycles. The fourth-order valence-corrected chi connectivity index (χ4v) is 4.77.